The molecule has 1 fully saturated rings. The van der Waals surface area contributed by atoms with Crippen LogP contribution in [0, 0.1) is 0 Å². The summed E-state index contributed by atoms with van der Waals surface area (Å²) >= 11 is 0. The van der Waals surface area contributed by atoms with Crippen molar-refractivity contribution < 1.29 is 14.6 Å². The van der Waals surface area contributed by atoms with Crippen LogP contribution in [0.3, 0.4) is 0 Å². The summed E-state index contributed by atoms with van der Waals surface area (Å²) in [5.74, 6) is 0.111. The number of amides is 2. The van der Waals surface area contributed by atoms with Crippen molar-refractivity contribution in [3.05, 3.63) is 53.4 Å². The third-order valence-electron chi connectivity index (χ3n) is 5.91. The number of nitrogens with one attached hydrogen (secondary N) is 3. The first-order valence-electron chi connectivity index (χ1n) is 11.1. The Morgan fingerprint density at radius 2 is 2.06 bits per heavy atom. The van der Waals surface area contributed by atoms with Crippen LogP contribution in [0.5, 0.6) is 0 Å². The molecule has 0 aliphatic carbocycles. The maximum atomic E-state index is 12.7. The van der Waals surface area contributed by atoms with Gasteiger partial charge < -0.3 is 43.0 Å². The molecule has 2 unspecified atom stereocenters. The van der Waals surface area contributed by atoms with Gasteiger partial charge in [0, 0.05) is 36.6 Å². The van der Waals surface area contributed by atoms with Crippen molar-refractivity contribution in [1.29, 1.82) is 0 Å². The first-order chi connectivity index (χ1) is 15.9. The minimum absolute atomic E-state index is 0.106. The molecule has 2 amide bonds. The summed E-state index contributed by atoms with van der Waals surface area (Å²) in [5, 5.41) is 19.0. The number of ether oxygens (including phenoxy) is 1. The van der Waals surface area contributed by atoms with E-state index in [4.69, 9.17) is 21.9 Å². The lowest BCUT2D eigenvalue weighted by Crippen LogP contribution is -2.52. The fourth-order valence-electron chi connectivity index (χ4n) is 4.13. The highest BCUT2D eigenvalue weighted by Gasteiger charge is 2.39. The van der Waals surface area contributed by atoms with Gasteiger partial charge in [-0.3, -0.25) is 9.89 Å². The number of urea groups is 1. The molecule has 3 aliphatic rings. The van der Waals surface area contributed by atoms with Crippen LogP contribution < -0.4 is 38.1 Å². The smallest absolute Gasteiger partial charge is 0.327 e. The fourth-order valence-corrected chi connectivity index (χ4v) is 4.13. The number of rotatable bonds is 9. The number of nitrogens with zero attached hydrogens (tertiary/aromatic N) is 2. The third-order valence-corrected chi connectivity index (χ3v) is 5.91. The second-order valence-corrected chi connectivity index (χ2v) is 8.37. The van der Waals surface area contributed by atoms with E-state index in [1.807, 2.05) is 36.5 Å². The van der Waals surface area contributed by atoms with Gasteiger partial charge in [0.15, 0.2) is 5.96 Å². The van der Waals surface area contributed by atoms with Crippen molar-refractivity contribution in [1.82, 2.24) is 16.0 Å². The van der Waals surface area contributed by atoms with Crippen LogP contribution in [0.15, 0.2) is 52.8 Å². The number of hydrogen-bond acceptors (Lipinski definition) is 7. The normalized spacial score (nSPS) is 26.2. The van der Waals surface area contributed by atoms with E-state index in [0.717, 1.165) is 35.5 Å². The van der Waals surface area contributed by atoms with E-state index >= 15 is 0 Å². The van der Waals surface area contributed by atoms with Gasteiger partial charge in [-0.25, -0.2) is 4.79 Å². The number of benzene rings is 1. The predicted octanol–water partition coefficient (Wildman–Crippen LogP) is -0.856. The molecule has 0 spiro atoms. The van der Waals surface area contributed by atoms with Crippen LogP contribution in [0.1, 0.15) is 18.4 Å². The lowest BCUT2D eigenvalue weighted by atomic mass is 10.1. The number of nitrogens with two attached hydrogens (primary N) is 3. The van der Waals surface area contributed by atoms with E-state index in [2.05, 4.69) is 20.9 Å². The van der Waals surface area contributed by atoms with Crippen LogP contribution in [0.2, 0.25) is 0 Å². The summed E-state index contributed by atoms with van der Waals surface area (Å²) in [6.07, 6.45) is 4.38. The molecular weight excluding hydrogens is 424 g/mol. The number of aliphatic hydroxyl groups excluding tert-OH is 1. The summed E-state index contributed by atoms with van der Waals surface area (Å²) in [7, 11) is 0. The Morgan fingerprint density at radius 1 is 1.27 bits per heavy atom. The Hall–Kier alpha value is -3.12. The Bertz CT molecular complexity index is 941. The SMILES string of the molecule is NC(N)=NCCCNCc1ccc(N2C=C3C=C(C4C[C@@H](N)[C@@H](CO)O4)NC3NC2=O)cc1. The second-order valence-electron chi connectivity index (χ2n) is 8.37. The van der Waals surface area contributed by atoms with Crippen LogP contribution in [-0.2, 0) is 11.3 Å². The molecule has 4 rings (SSSR count). The molecule has 10 N–H and O–H groups in total. The zero-order valence-electron chi connectivity index (χ0n) is 18.4. The van der Waals surface area contributed by atoms with Crippen molar-refractivity contribution >= 4 is 17.7 Å². The van der Waals surface area contributed by atoms with Gasteiger partial charge in [0.25, 0.3) is 0 Å². The Kier molecular flexibility index (Phi) is 7.14. The lowest BCUT2D eigenvalue weighted by Gasteiger charge is -2.29. The van der Waals surface area contributed by atoms with Crippen molar-refractivity contribution in [3.63, 3.8) is 0 Å². The first-order valence-corrected chi connectivity index (χ1v) is 11.1. The standard InChI is InChI=1S/C22H32N8O3/c23-16-9-18(33-19(16)12-31)17-8-14-11-30(22(32)29-20(14)28-17)15-4-2-13(3-5-15)10-26-6-1-7-27-21(24)25/h2-5,8,11,16,18-20,26,28,31H,1,6-7,9-10,12,23H2,(H,29,32)(H4,24,25,27)/t16-,18?,19-,20?/m1/s1. The highest BCUT2D eigenvalue weighted by Crippen LogP contribution is 2.30. The molecule has 4 atom stereocenters. The van der Waals surface area contributed by atoms with E-state index < -0.39 is 0 Å². The number of carbonyl (C=O) groups excluding carboxylic acids is 1. The highest BCUT2D eigenvalue weighted by molar-refractivity contribution is 5.96. The van der Waals surface area contributed by atoms with Crippen molar-refractivity contribution in [3.8, 4) is 0 Å². The molecule has 1 aromatic rings. The zero-order valence-corrected chi connectivity index (χ0v) is 18.4. The average molecular weight is 457 g/mol. The average Bonchev–Trinajstić information content (AvgIpc) is 3.38. The maximum absolute atomic E-state index is 12.7. The lowest BCUT2D eigenvalue weighted by molar-refractivity contribution is 0.0199. The Morgan fingerprint density at radius 3 is 2.76 bits per heavy atom. The Balaban J connectivity index is 1.35. The third kappa shape index (κ3) is 5.45. The summed E-state index contributed by atoms with van der Waals surface area (Å²) in [4.78, 5) is 18.2. The largest absolute Gasteiger partial charge is 0.394 e. The van der Waals surface area contributed by atoms with Gasteiger partial charge in [-0.1, -0.05) is 12.1 Å². The Labute approximate surface area is 192 Å². The van der Waals surface area contributed by atoms with Gasteiger partial charge >= 0.3 is 6.03 Å². The van der Waals surface area contributed by atoms with Gasteiger partial charge in [0.2, 0.25) is 0 Å². The summed E-state index contributed by atoms with van der Waals surface area (Å²) in [6.45, 7) is 2.01. The monoisotopic (exact) mass is 456 g/mol. The number of aliphatic imine (C=N–C) groups is 1. The molecule has 11 nitrogen and oxygen atoms in total. The van der Waals surface area contributed by atoms with Crippen LogP contribution in [0.4, 0.5) is 10.5 Å². The van der Waals surface area contributed by atoms with Crippen molar-refractivity contribution in [2.24, 2.45) is 22.2 Å². The molecule has 1 aromatic carbocycles. The van der Waals surface area contributed by atoms with Crippen LogP contribution in [0.25, 0.3) is 0 Å². The molecule has 1 saturated heterocycles. The van der Waals surface area contributed by atoms with Gasteiger partial charge in [-0.2, -0.15) is 0 Å². The fraction of sp³-hybridized carbons (Fsp3) is 0.455. The molecule has 178 valence electrons. The van der Waals surface area contributed by atoms with E-state index in [0.29, 0.717) is 19.5 Å². The molecule has 3 aliphatic heterocycles. The summed E-state index contributed by atoms with van der Waals surface area (Å²) < 4.78 is 5.85. The first kappa shape index (κ1) is 23.1. The van der Waals surface area contributed by atoms with Crippen LogP contribution in [-0.4, -0.2) is 61.2 Å². The molecule has 0 saturated carbocycles. The van der Waals surface area contributed by atoms with Crippen molar-refractivity contribution in [2.75, 3.05) is 24.6 Å². The minimum Gasteiger partial charge on any atom is -0.394 e. The van der Waals surface area contributed by atoms with E-state index in [-0.39, 0.29) is 43.0 Å². The van der Waals surface area contributed by atoms with E-state index in [1.54, 1.807) is 4.90 Å². The van der Waals surface area contributed by atoms with E-state index in [9.17, 15) is 9.90 Å². The number of anilines is 1. The highest BCUT2D eigenvalue weighted by atomic mass is 16.5. The van der Waals surface area contributed by atoms with Crippen molar-refractivity contribution in [2.45, 2.75) is 43.8 Å². The number of hydrogen-bond donors (Lipinski definition) is 7. The van der Waals surface area contributed by atoms with Gasteiger partial charge in [-0.15, -0.1) is 0 Å². The minimum atomic E-state index is -0.369. The summed E-state index contributed by atoms with van der Waals surface area (Å²) in [6, 6.07) is 7.40. The number of aliphatic hydroxyl groups is 1. The maximum Gasteiger partial charge on any atom is 0.327 e. The van der Waals surface area contributed by atoms with Gasteiger partial charge in [0.1, 0.15) is 6.17 Å². The second kappa shape index (κ2) is 10.2. The number of fused-ring (bicyclic) bond motifs is 1. The number of carbonyl (C=O) groups is 1. The molecule has 0 aromatic heterocycles. The zero-order chi connectivity index (χ0) is 23.4. The molecule has 0 radical (unpaired) electrons. The van der Waals surface area contributed by atoms with Gasteiger partial charge in [0.05, 0.1) is 24.5 Å². The molecule has 11 heteroatoms. The molecule has 33 heavy (non-hydrogen) atoms. The predicted molar refractivity (Wildman–Crippen MR) is 126 cm³/mol. The topological polar surface area (TPSA) is 176 Å². The number of guanidine groups is 1. The molecule has 3 heterocycles. The van der Waals surface area contributed by atoms with Crippen LogP contribution >= 0.6 is 0 Å². The molecular formula is C22H32N8O3. The summed E-state index contributed by atoms with van der Waals surface area (Å²) in [5.41, 5.74) is 20.3. The molecule has 0 bridgehead atoms. The van der Waals surface area contributed by atoms with E-state index in [1.165, 1.54) is 0 Å². The quantitative estimate of drug-likeness (QED) is 0.143. The van der Waals surface area contributed by atoms with Gasteiger partial charge in [-0.05, 0) is 43.2 Å².